The molecule has 230 valence electrons. The number of ether oxygens (including phenoxy) is 3. The summed E-state index contributed by atoms with van der Waals surface area (Å²) in [5.74, 6) is 0.119. The number of nitriles is 1. The monoisotopic (exact) mass is 588 g/mol. The summed E-state index contributed by atoms with van der Waals surface area (Å²) >= 11 is 0. The minimum Gasteiger partial charge on any atom is -0.461 e. The third kappa shape index (κ3) is 16.2. The third-order valence-corrected chi connectivity index (χ3v) is 7.00. The van der Waals surface area contributed by atoms with Crippen LogP contribution in [0.25, 0.3) is 0 Å². The molecule has 8 nitrogen and oxygen atoms in total. The van der Waals surface area contributed by atoms with Crippen LogP contribution in [-0.2, 0) is 25.7 Å². The zero-order valence-corrected chi connectivity index (χ0v) is 25.3. The van der Waals surface area contributed by atoms with Crippen molar-refractivity contribution < 1.29 is 28.6 Å². The number of carbonyl (C=O) groups excluding carboxylic acids is 3. The van der Waals surface area contributed by atoms with Crippen LogP contribution in [0.15, 0.2) is 65.7 Å². The van der Waals surface area contributed by atoms with Crippen LogP contribution in [0.1, 0.15) is 106 Å². The van der Waals surface area contributed by atoms with Crippen LogP contribution in [0.5, 0.6) is 5.75 Å². The molecule has 0 N–H and O–H groups in total. The van der Waals surface area contributed by atoms with Crippen molar-refractivity contribution in [2.75, 3.05) is 6.61 Å². The van der Waals surface area contributed by atoms with E-state index in [-0.39, 0.29) is 31.1 Å². The summed E-state index contributed by atoms with van der Waals surface area (Å²) in [7, 11) is 0. The average Bonchev–Trinajstić information content (AvgIpc) is 3.02. The predicted octanol–water partition coefficient (Wildman–Crippen LogP) is 8.47. The van der Waals surface area contributed by atoms with Crippen molar-refractivity contribution in [3.63, 3.8) is 0 Å². The SMILES string of the molecule is CCCCCC[C@H](C/C=C\CCCCCCCC(=O)OCc1ccc(N=C=O)cc1)OCC(=O)c1ccc(OC#N)cc1. The minimum atomic E-state index is -0.200. The maximum Gasteiger partial charge on any atom is 0.306 e. The molecule has 0 unspecified atom stereocenters. The van der Waals surface area contributed by atoms with E-state index in [1.807, 2.05) is 0 Å². The Morgan fingerprint density at radius 3 is 2.35 bits per heavy atom. The van der Waals surface area contributed by atoms with Crippen LogP contribution in [0.3, 0.4) is 0 Å². The fraction of sp³-hybridized carbons (Fsp3) is 0.486. The zero-order valence-electron chi connectivity index (χ0n) is 25.3. The molecule has 0 radical (unpaired) electrons. The predicted molar refractivity (Wildman–Crippen MR) is 166 cm³/mol. The zero-order chi connectivity index (χ0) is 31.0. The van der Waals surface area contributed by atoms with Gasteiger partial charge in [0.25, 0.3) is 6.26 Å². The average molecular weight is 589 g/mol. The van der Waals surface area contributed by atoms with Crippen molar-refractivity contribution in [2.45, 2.75) is 103 Å². The van der Waals surface area contributed by atoms with Crippen molar-refractivity contribution >= 4 is 23.5 Å². The van der Waals surface area contributed by atoms with Gasteiger partial charge in [-0.3, -0.25) is 9.59 Å². The number of isocyanates is 1. The Hall–Kier alpha value is -4.05. The number of rotatable bonds is 23. The van der Waals surface area contributed by atoms with E-state index in [9.17, 15) is 14.4 Å². The van der Waals surface area contributed by atoms with Crippen LogP contribution < -0.4 is 4.74 Å². The lowest BCUT2D eigenvalue weighted by Gasteiger charge is -2.16. The second kappa shape index (κ2) is 22.5. The first-order chi connectivity index (χ1) is 21.0. The largest absolute Gasteiger partial charge is 0.461 e. The molecule has 0 aliphatic carbocycles. The number of ketones is 1. The van der Waals surface area contributed by atoms with Gasteiger partial charge in [-0.15, -0.1) is 5.26 Å². The van der Waals surface area contributed by atoms with Crippen LogP contribution in [-0.4, -0.2) is 30.5 Å². The van der Waals surface area contributed by atoms with E-state index >= 15 is 0 Å². The second-order valence-electron chi connectivity index (χ2n) is 10.5. The number of allylic oxidation sites excluding steroid dienone is 1. The molecule has 0 saturated carbocycles. The lowest BCUT2D eigenvalue weighted by atomic mass is 10.1. The van der Waals surface area contributed by atoms with E-state index in [0.717, 1.165) is 63.4 Å². The molecule has 0 heterocycles. The number of hydrogen-bond acceptors (Lipinski definition) is 8. The van der Waals surface area contributed by atoms with E-state index in [4.69, 9.17) is 19.5 Å². The molecule has 1 atom stereocenters. The molecular weight excluding hydrogens is 544 g/mol. The Balaban J connectivity index is 1.58. The number of esters is 1. The minimum absolute atomic E-state index is 0.00833. The Morgan fingerprint density at radius 2 is 1.63 bits per heavy atom. The van der Waals surface area contributed by atoms with Gasteiger partial charge in [-0.1, -0.05) is 76.2 Å². The van der Waals surface area contributed by atoms with Gasteiger partial charge in [-0.25, -0.2) is 4.79 Å². The molecular formula is C35H44N2O6. The Morgan fingerprint density at radius 1 is 0.907 bits per heavy atom. The number of benzene rings is 2. The summed E-state index contributed by atoms with van der Waals surface area (Å²) in [5.41, 5.74) is 1.91. The number of carbonyl (C=O) groups is 2. The van der Waals surface area contributed by atoms with Crippen LogP contribution in [0.2, 0.25) is 0 Å². The maximum absolute atomic E-state index is 12.6. The van der Waals surface area contributed by atoms with E-state index in [0.29, 0.717) is 23.4 Å². The van der Waals surface area contributed by atoms with Crippen molar-refractivity contribution in [3.8, 4) is 12.0 Å². The van der Waals surface area contributed by atoms with Gasteiger partial charge in [-0.2, -0.15) is 4.99 Å². The number of nitrogens with zero attached hydrogens (tertiary/aromatic N) is 2. The lowest BCUT2D eigenvalue weighted by Crippen LogP contribution is -2.18. The van der Waals surface area contributed by atoms with Crippen molar-refractivity contribution in [3.05, 3.63) is 71.8 Å². The van der Waals surface area contributed by atoms with Crippen LogP contribution in [0.4, 0.5) is 5.69 Å². The second-order valence-corrected chi connectivity index (χ2v) is 10.5. The van der Waals surface area contributed by atoms with Gasteiger partial charge in [0, 0.05) is 12.0 Å². The molecule has 43 heavy (non-hydrogen) atoms. The van der Waals surface area contributed by atoms with E-state index in [1.165, 1.54) is 25.3 Å². The molecule has 2 rings (SSSR count). The maximum atomic E-state index is 12.6. The summed E-state index contributed by atoms with van der Waals surface area (Å²) in [6.07, 6.45) is 20.3. The van der Waals surface area contributed by atoms with E-state index in [2.05, 4.69) is 24.1 Å². The van der Waals surface area contributed by atoms with Gasteiger partial charge in [0.2, 0.25) is 6.08 Å². The molecule has 0 aromatic heterocycles. The normalized spacial score (nSPS) is 11.4. The molecule has 2 aromatic carbocycles. The van der Waals surface area contributed by atoms with Gasteiger partial charge in [0.05, 0.1) is 11.8 Å². The third-order valence-electron chi connectivity index (χ3n) is 7.00. The topological polar surface area (TPSA) is 115 Å². The lowest BCUT2D eigenvalue weighted by molar-refractivity contribution is -0.145. The Kier molecular flexibility index (Phi) is 18.4. The summed E-state index contributed by atoms with van der Waals surface area (Å²) in [4.78, 5) is 38.4. The first-order valence-corrected chi connectivity index (χ1v) is 15.3. The quantitative estimate of drug-likeness (QED) is 0.0243. The van der Waals surface area contributed by atoms with E-state index < -0.39 is 0 Å². The number of unbranched alkanes of at least 4 members (excludes halogenated alkanes) is 8. The molecule has 8 heteroatoms. The number of Topliss-reactive ketones (excluding diaryl/α,β-unsaturated/α-hetero) is 1. The summed E-state index contributed by atoms with van der Waals surface area (Å²) < 4.78 is 16.1. The Bertz CT molecular complexity index is 1190. The fourth-order valence-corrected chi connectivity index (χ4v) is 4.49. The summed E-state index contributed by atoms with van der Waals surface area (Å²) in [5, 5.41) is 8.60. The molecule has 0 spiro atoms. The highest BCUT2D eigenvalue weighted by molar-refractivity contribution is 5.97. The molecule has 0 amide bonds. The van der Waals surface area contributed by atoms with Crippen molar-refractivity contribution in [2.24, 2.45) is 4.99 Å². The first kappa shape index (κ1) is 35.1. The van der Waals surface area contributed by atoms with Gasteiger partial charge >= 0.3 is 5.97 Å². The molecule has 0 saturated heterocycles. The van der Waals surface area contributed by atoms with E-state index in [1.54, 1.807) is 54.8 Å². The molecule has 0 aliphatic rings. The highest BCUT2D eigenvalue weighted by Crippen LogP contribution is 2.17. The van der Waals surface area contributed by atoms with Gasteiger partial charge in [0.1, 0.15) is 19.0 Å². The van der Waals surface area contributed by atoms with Gasteiger partial charge in [-0.05, 0) is 74.1 Å². The smallest absolute Gasteiger partial charge is 0.306 e. The highest BCUT2D eigenvalue weighted by atomic mass is 16.5. The Labute approximate surface area is 255 Å². The van der Waals surface area contributed by atoms with Crippen molar-refractivity contribution in [1.29, 1.82) is 5.26 Å². The van der Waals surface area contributed by atoms with Gasteiger partial charge in [0.15, 0.2) is 5.78 Å². The summed E-state index contributed by atoms with van der Waals surface area (Å²) in [6, 6.07) is 13.4. The number of aliphatic imine (C=N–C) groups is 1. The van der Waals surface area contributed by atoms with Crippen LogP contribution in [0, 0.1) is 11.5 Å². The van der Waals surface area contributed by atoms with Gasteiger partial charge < -0.3 is 14.2 Å². The van der Waals surface area contributed by atoms with Crippen molar-refractivity contribution in [1.82, 2.24) is 0 Å². The number of hydrogen-bond donors (Lipinski definition) is 0. The molecule has 0 bridgehead atoms. The molecule has 0 fully saturated rings. The fourth-order valence-electron chi connectivity index (χ4n) is 4.49. The first-order valence-electron chi connectivity index (χ1n) is 15.3. The molecule has 0 aliphatic heterocycles. The molecule has 2 aromatic rings. The highest BCUT2D eigenvalue weighted by Gasteiger charge is 2.12. The standard InChI is InChI=1S/C35H44N2O6/c1-2-3-4-11-14-32(41-26-34(39)30-19-23-33(24-20-30)43-27-36)15-12-9-7-5-6-8-10-13-16-35(40)42-25-29-17-21-31(22-18-29)37-28-38/h9,12,17-24,32H,2-8,10-11,13-16,25-26H2,1H3/b12-9-/t32-/m1/s1. The summed E-state index contributed by atoms with van der Waals surface area (Å²) in [6.45, 7) is 2.43. The van der Waals surface area contributed by atoms with Crippen LogP contribution >= 0.6 is 0 Å².